The van der Waals surface area contributed by atoms with Gasteiger partial charge in [-0.3, -0.25) is 0 Å². The molecule has 0 radical (unpaired) electrons. The summed E-state index contributed by atoms with van der Waals surface area (Å²) in [4.78, 5) is 36.8. The standard InChI is InChI=1S/C16H17NO7/c1-9-4-5-10(14(18)19)6-12(9)17-8-24-7-11(15(20)22-2)13(17)16(21)23-3/h4-6H,7-8H2,1-3H3,(H,18,19). The Balaban J connectivity index is 2.63. The number of methoxy groups -OCH3 is 2. The number of hydrogen-bond acceptors (Lipinski definition) is 7. The summed E-state index contributed by atoms with van der Waals surface area (Å²) in [6, 6.07) is 4.47. The van der Waals surface area contributed by atoms with Gasteiger partial charge in [-0.25, -0.2) is 14.4 Å². The molecule has 1 aliphatic rings. The molecule has 128 valence electrons. The van der Waals surface area contributed by atoms with E-state index < -0.39 is 17.9 Å². The summed E-state index contributed by atoms with van der Waals surface area (Å²) in [5.41, 5.74) is 1.16. The van der Waals surface area contributed by atoms with E-state index in [4.69, 9.17) is 9.47 Å². The van der Waals surface area contributed by atoms with Gasteiger partial charge in [0.1, 0.15) is 12.4 Å². The predicted octanol–water partition coefficient (Wildman–Crippen LogP) is 1.09. The summed E-state index contributed by atoms with van der Waals surface area (Å²) in [6.07, 6.45) is 0. The number of aryl methyl sites for hydroxylation is 1. The van der Waals surface area contributed by atoms with E-state index in [9.17, 15) is 19.5 Å². The summed E-state index contributed by atoms with van der Waals surface area (Å²) in [5, 5.41) is 9.17. The lowest BCUT2D eigenvalue weighted by Crippen LogP contribution is -2.39. The molecule has 0 bridgehead atoms. The van der Waals surface area contributed by atoms with Crippen LogP contribution in [-0.2, 0) is 23.8 Å². The van der Waals surface area contributed by atoms with E-state index in [0.29, 0.717) is 11.3 Å². The second-order valence-corrected chi connectivity index (χ2v) is 5.02. The van der Waals surface area contributed by atoms with Gasteiger partial charge in [0.25, 0.3) is 0 Å². The Morgan fingerprint density at radius 1 is 1.17 bits per heavy atom. The summed E-state index contributed by atoms with van der Waals surface area (Å²) < 4.78 is 14.8. The van der Waals surface area contributed by atoms with Gasteiger partial charge in [-0.15, -0.1) is 0 Å². The van der Waals surface area contributed by atoms with Gasteiger partial charge in [0.05, 0.1) is 32.0 Å². The number of benzene rings is 1. The maximum Gasteiger partial charge on any atom is 0.355 e. The largest absolute Gasteiger partial charge is 0.478 e. The van der Waals surface area contributed by atoms with Gasteiger partial charge in [-0.2, -0.15) is 0 Å². The van der Waals surface area contributed by atoms with Gasteiger partial charge in [0.2, 0.25) is 0 Å². The lowest BCUT2D eigenvalue weighted by molar-refractivity contribution is -0.140. The number of hydrogen-bond donors (Lipinski definition) is 1. The first-order valence-corrected chi connectivity index (χ1v) is 6.99. The number of carbonyl (C=O) groups excluding carboxylic acids is 2. The molecule has 1 aromatic carbocycles. The zero-order chi connectivity index (χ0) is 17.9. The molecule has 0 aliphatic carbocycles. The Morgan fingerprint density at radius 2 is 1.83 bits per heavy atom. The minimum absolute atomic E-state index is 0.00993. The van der Waals surface area contributed by atoms with E-state index >= 15 is 0 Å². The van der Waals surface area contributed by atoms with Crippen LogP contribution in [0.3, 0.4) is 0 Å². The molecule has 2 rings (SSSR count). The van der Waals surface area contributed by atoms with Crippen molar-refractivity contribution in [1.29, 1.82) is 0 Å². The van der Waals surface area contributed by atoms with Crippen LogP contribution < -0.4 is 4.90 Å². The normalized spacial score (nSPS) is 14.4. The summed E-state index contributed by atoms with van der Waals surface area (Å²) >= 11 is 0. The molecular formula is C16H17NO7. The Hall–Kier alpha value is -2.87. The fraction of sp³-hybridized carbons (Fsp3) is 0.312. The Labute approximate surface area is 138 Å². The molecule has 1 heterocycles. The lowest BCUT2D eigenvalue weighted by Gasteiger charge is -2.32. The fourth-order valence-electron chi connectivity index (χ4n) is 2.37. The van der Waals surface area contributed by atoms with Gasteiger partial charge < -0.3 is 24.2 Å². The van der Waals surface area contributed by atoms with Crippen molar-refractivity contribution >= 4 is 23.6 Å². The average molecular weight is 335 g/mol. The van der Waals surface area contributed by atoms with E-state index in [0.717, 1.165) is 0 Å². The third-order valence-electron chi connectivity index (χ3n) is 3.58. The quantitative estimate of drug-likeness (QED) is 0.816. The molecule has 0 saturated heterocycles. The minimum atomic E-state index is -1.11. The molecule has 0 saturated carbocycles. The second-order valence-electron chi connectivity index (χ2n) is 5.02. The lowest BCUT2D eigenvalue weighted by atomic mass is 10.1. The summed E-state index contributed by atoms with van der Waals surface area (Å²) in [6.45, 7) is 1.61. The average Bonchev–Trinajstić information content (AvgIpc) is 2.59. The van der Waals surface area contributed by atoms with Gasteiger partial charge in [0.15, 0.2) is 0 Å². The SMILES string of the molecule is COC(=O)C1=C(C(=O)OC)N(c2cc(C(=O)O)ccc2C)COC1. The number of carboxylic acid groups (broad SMARTS) is 1. The number of anilines is 1. The van der Waals surface area contributed by atoms with Crippen molar-refractivity contribution in [3.05, 3.63) is 40.6 Å². The summed E-state index contributed by atoms with van der Waals surface area (Å²) in [5.74, 6) is -2.56. The number of ether oxygens (including phenoxy) is 3. The predicted molar refractivity (Wildman–Crippen MR) is 82.5 cm³/mol. The highest BCUT2D eigenvalue weighted by molar-refractivity contribution is 6.03. The molecule has 1 N–H and O–H groups in total. The van der Waals surface area contributed by atoms with Crippen LogP contribution in [0.25, 0.3) is 0 Å². The highest BCUT2D eigenvalue weighted by atomic mass is 16.5. The highest BCUT2D eigenvalue weighted by Gasteiger charge is 2.33. The zero-order valence-corrected chi connectivity index (χ0v) is 13.5. The number of nitrogens with zero attached hydrogens (tertiary/aromatic N) is 1. The number of carboxylic acids is 1. The van der Waals surface area contributed by atoms with E-state index in [1.807, 2.05) is 0 Å². The Bertz CT molecular complexity index is 723. The molecule has 24 heavy (non-hydrogen) atoms. The van der Waals surface area contributed by atoms with E-state index in [1.54, 1.807) is 13.0 Å². The van der Waals surface area contributed by atoms with Crippen molar-refractivity contribution in [2.24, 2.45) is 0 Å². The zero-order valence-electron chi connectivity index (χ0n) is 13.5. The number of rotatable bonds is 4. The first-order chi connectivity index (χ1) is 11.4. The van der Waals surface area contributed by atoms with Crippen LogP contribution in [0, 0.1) is 6.92 Å². The van der Waals surface area contributed by atoms with Crippen LogP contribution >= 0.6 is 0 Å². The van der Waals surface area contributed by atoms with Crippen LogP contribution in [0.4, 0.5) is 5.69 Å². The van der Waals surface area contributed by atoms with Gasteiger partial charge in [-0.05, 0) is 24.6 Å². The summed E-state index contributed by atoms with van der Waals surface area (Å²) in [7, 11) is 2.39. The van der Waals surface area contributed by atoms with E-state index in [-0.39, 0.29) is 30.2 Å². The van der Waals surface area contributed by atoms with Crippen molar-refractivity contribution in [2.75, 3.05) is 32.5 Å². The van der Waals surface area contributed by atoms with Gasteiger partial charge in [0, 0.05) is 5.69 Å². The van der Waals surface area contributed by atoms with Crippen molar-refractivity contribution < 1.29 is 33.7 Å². The molecule has 8 nitrogen and oxygen atoms in total. The van der Waals surface area contributed by atoms with Crippen LogP contribution in [0.5, 0.6) is 0 Å². The number of esters is 2. The molecule has 0 aromatic heterocycles. The third-order valence-corrected chi connectivity index (χ3v) is 3.58. The second kappa shape index (κ2) is 7.14. The molecule has 0 amide bonds. The Morgan fingerprint density at radius 3 is 2.42 bits per heavy atom. The first-order valence-electron chi connectivity index (χ1n) is 6.99. The maximum absolute atomic E-state index is 12.2. The fourth-order valence-corrected chi connectivity index (χ4v) is 2.37. The molecule has 0 unspecified atom stereocenters. The highest BCUT2D eigenvalue weighted by Crippen LogP contribution is 2.30. The first kappa shape index (κ1) is 17.5. The van der Waals surface area contributed by atoms with Gasteiger partial charge in [-0.1, -0.05) is 6.07 Å². The molecule has 1 aliphatic heterocycles. The van der Waals surface area contributed by atoms with Crippen LogP contribution in [-0.4, -0.2) is 50.6 Å². The van der Waals surface area contributed by atoms with Crippen molar-refractivity contribution in [2.45, 2.75) is 6.92 Å². The van der Waals surface area contributed by atoms with E-state index in [2.05, 4.69) is 4.74 Å². The van der Waals surface area contributed by atoms with E-state index in [1.165, 1.54) is 31.3 Å². The molecule has 1 aromatic rings. The van der Waals surface area contributed by atoms with Crippen molar-refractivity contribution in [3.63, 3.8) is 0 Å². The Kier molecular flexibility index (Phi) is 5.20. The molecule has 0 spiro atoms. The third kappa shape index (κ3) is 3.23. The monoisotopic (exact) mass is 335 g/mol. The van der Waals surface area contributed by atoms with Crippen molar-refractivity contribution in [1.82, 2.24) is 0 Å². The van der Waals surface area contributed by atoms with Gasteiger partial charge >= 0.3 is 17.9 Å². The smallest absolute Gasteiger partial charge is 0.355 e. The van der Waals surface area contributed by atoms with Crippen LogP contribution in [0.1, 0.15) is 15.9 Å². The van der Waals surface area contributed by atoms with Crippen molar-refractivity contribution in [3.8, 4) is 0 Å². The van der Waals surface area contributed by atoms with Crippen LogP contribution in [0.2, 0.25) is 0 Å². The maximum atomic E-state index is 12.2. The molecule has 0 atom stereocenters. The molecule has 8 heteroatoms. The molecular weight excluding hydrogens is 318 g/mol. The molecule has 0 fully saturated rings. The van der Waals surface area contributed by atoms with Crippen LogP contribution in [0.15, 0.2) is 29.5 Å². The topological polar surface area (TPSA) is 102 Å². The number of carbonyl (C=O) groups is 3. The number of aromatic carboxylic acids is 1. The minimum Gasteiger partial charge on any atom is -0.478 e.